The van der Waals surface area contributed by atoms with E-state index in [0.717, 1.165) is 25.9 Å². The number of rotatable bonds is 7. The third kappa shape index (κ3) is 4.32. The van der Waals surface area contributed by atoms with Gasteiger partial charge in [0.1, 0.15) is 0 Å². The highest BCUT2D eigenvalue weighted by atomic mass is 16.2. The highest BCUT2D eigenvalue weighted by Gasteiger charge is 2.22. The average molecular weight is 263 g/mol. The Morgan fingerprint density at radius 2 is 1.74 bits per heavy atom. The van der Waals surface area contributed by atoms with Gasteiger partial charge in [0, 0.05) is 18.6 Å². The Labute approximate surface area is 118 Å². The van der Waals surface area contributed by atoms with Crippen molar-refractivity contribution in [1.82, 2.24) is 5.32 Å². The van der Waals surface area contributed by atoms with Crippen LogP contribution in [-0.4, -0.2) is 24.8 Å². The summed E-state index contributed by atoms with van der Waals surface area (Å²) in [5.74, 6) is 0. The predicted molar refractivity (Wildman–Crippen MR) is 82.9 cm³/mol. The van der Waals surface area contributed by atoms with Gasteiger partial charge in [0.05, 0.1) is 0 Å². The quantitative estimate of drug-likeness (QED) is 0.740. The van der Waals surface area contributed by atoms with Crippen LogP contribution < -0.4 is 5.32 Å². The van der Waals surface area contributed by atoms with Crippen molar-refractivity contribution in [2.45, 2.75) is 52.9 Å². The highest BCUT2D eigenvalue weighted by molar-refractivity contribution is 5.42. The average Bonchev–Trinajstić information content (AvgIpc) is 2.35. The zero-order valence-corrected chi connectivity index (χ0v) is 13.1. The Morgan fingerprint density at radius 1 is 1.05 bits per heavy atom. The number of nitrogens with one attached hydrogen (secondary N) is 1. The summed E-state index contributed by atoms with van der Waals surface area (Å²) in [6.07, 6.45) is 1.93. The van der Waals surface area contributed by atoms with E-state index in [9.17, 15) is 0 Å². The minimum Gasteiger partial charge on any atom is -0.396 e. The molecule has 0 spiro atoms. The van der Waals surface area contributed by atoms with Gasteiger partial charge < -0.3 is 10.4 Å². The van der Waals surface area contributed by atoms with E-state index in [0.29, 0.717) is 6.61 Å². The van der Waals surface area contributed by atoms with Gasteiger partial charge in [-0.1, -0.05) is 26.0 Å². The number of aliphatic hydroxyl groups is 1. The molecular formula is C17H29NO. The first kappa shape index (κ1) is 16.2. The first-order valence-electron chi connectivity index (χ1n) is 7.29. The standard InChI is InChI=1S/C17H29NO/c1-13-8-9-16(15(3)14(13)2)17(4,5)12-18-10-6-7-11-19/h8-9,18-19H,6-7,10-12H2,1-5H3. The van der Waals surface area contributed by atoms with E-state index >= 15 is 0 Å². The van der Waals surface area contributed by atoms with Gasteiger partial charge in [-0.3, -0.25) is 0 Å². The maximum atomic E-state index is 8.77. The molecule has 0 aliphatic rings. The molecule has 0 unspecified atom stereocenters. The molecule has 1 rings (SSSR count). The van der Waals surface area contributed by atoms with Crippen molar-refractivity contribution < 1.29 is 5.11 Å². The molecule has 0 aliphatic carbocycles. The molecule has 108 valence electrons. The second kappa shape index (κ2) is 7.06. The van der Waals surface area contributed by atoms with Gasteiger partial charge in [0.25, 0.3) is 0 Å². The molecular weight excluding hydrogens is 234 g/mol. The molecule has 2 N–H and O–H groups in total. The monoisotopic (exact) mass is 263 g/mol. The third-order valence-electron chi connectivity index (χ3n) is 4.12. The number of aliphatic hydroxyl groups excluding tert-OH is 1. The summed E-state index contributed by atoms with van der Waals surface area (Å²) in [5.41, 5.74) is 5.77. The van der Waals surface area contributed by atoms with Crippen LogP contribution in [0.5, 0.6) is 0 Å². The van der Waals surface area contributed by atoms with Crippen LogP contribution >= 0.6 is 0 Å². The highest BCUT2D eigenvalue weighted by Crippen LogP contribution is 2.28. The van der Waals surface area contributed by atoms with E-state index in [2.05, 4.69) is 52.1 Å². The Hall–Kier alpha value is -0.860. The van der Waals surface area contributed by atoms with Gasteiger partial charge >= 0.3 is 0 Å². The van der Waals surface area contributed by atoms with Crippen molar-refractivity contribution in [3.63, 3.8) is 0 Å². The van der Waals surface area contributed by atoms with Gasteiger partial charge in [-0.15, -0.1) is 0 Å². The number of aryl methyl sites for hydroxylation is 1. The first-order chi connectivity index (χ1) is 8.90. The van der Waals surface area contributed by atoms with Gasteiger partial charge in [-0.25, -0.2) is 0 Å². The lowest BCUT2D eigenvalue weighted by molar-refractivity contribution is 0.283. The van der Waals surface area contributed by atoms with E-state index < -0.39 is 0 Å². The van der Waals surface area contributed by atoms with Crippen molar-refractivity contribution >= 4 is 0 Å². The van der Waals surface area contributed by atoms with Crippen molar-refractivity contribution in [1.29, 1.82) is 0 Å². The molecule has 0 bridgehead atoms. The molecule has 0 atom stereocenters. The molecule has 0 radical (unpaired) electrons. The third-order valence-corrected chi connectivity index (χ3v) is 4.12. The number of hydrogen-bond donors (Lipinski definition) is 2. The lowest BCUT2D eigenvalue weighted by Crippen LogP contribution is -2.34. The first-order valence-corrected chi connectivity index (χ1v) is 7.29. The van der Waals surface area contributed by atoms with Crippen molar-refractivity contribution in [2.24, 2.45) is 0 Å². The van der Waals surface area contributed by atoms with E-state index in [1.54, 1.807) is 0 Å². The van der Waals surface area contributed by atoms with Gasteiger partial charge in [-0.05, 0) is 62.4 Å². The fourth-order valence-corrected chi connectivity index (χ4v) is 2.55. The van der Waals surface area contributed by atoms with Crippen LogP contribution in [-0.2, 0) is 5.41 Å². The fraction of sp³-hybridized carbons (Fsp3) is 0.647. The van der Waals surface area contributed by atoms with Gasteiger partial charge in [0.2, 0.25) is 0 Å². The number of unbranched alkanes of at least 4 members (excludes halogenated alkanes) is 1. The van der Waals surface area contributed by atoms with Gasteiger partial charge in [0.15, 0.2) is 0 Å². The number of benzene rings is 1. The minimum absolute atomic E-state index is 0.141. The molecule has 0 saturated carbocycles. The van der Waals surface area contributed by atoms with Crippen molar-refractivity contribution in [3.05, 3.63) is 34.4 Å². The molecule has 1 aromatic rings. The Kier molecular flexibility index (Phi) is 6.02. The van der Waals surface area contributed by atoms with Crippen LogP contribution in [0.25, 0.3) is 0 Å². The summed E-state index contributed by atoms with van der Waals surface area (Å²) in [6.45, 7) is 13.4. The summed E-state index contributed by atoms with van der Waals surface area (Å²) in [5, 5.41) is 12.3. The zero-order chi connectivity index (χ0) is 14.5. The smallest absolute Gasteiger partial charge is 0.0431 e. The Balaban J connectivity index is 2.69. The fourth-order valence-electron chi connectivity index (χ4n) is 2.55. The summed E-state index contributed by atoms with van der Waals surface area (Å²) in [7, 11) is 0. The molecule has 0 fully saturated rings. The van der Waals surface area contributed by atoms with Crippen molar-refractivity contribution in [2.75, 3.05) is 19.7 Å². The SMILES string of the molecule is Cc1ccc(C(C)(C)CNCCCCO)c(C)c1C. The molecule has 1 aromatic carbocycles. The summed E-state index contributed by atoms with van der Waals surface area (Å²) < 4.78 is 0. The second-order valence-electron chi connectivity index (χ2n) is 6.17. The molecule has 19 heavy (non-hydrogen) atoms. The normalized spacial score (nSPS) is 11.9. The lowest BCUT2D eigenvalue weighted by atomic mass is 9.80. The Morgan fingerprint density at radius 3 is 2.37 bits per heavy atom. The van der Waals surface area contributed by atoms with Crippen LogP contribution in [0.2, 0.25) is 0 Å². The molecule has 0 aromatic heterocycles. The molecule has 0 amide bonds. The maximum absolute atomic E-state index is 8.77. The molecule has 2 heteroatoms. The minimum atomic E-state index is 0.141. The van der Waals surface area contributed by atoms with Gasteiger partial charge in [-0.2, -0.15) is 0 Å². The zero-order valence-electron chi connectivity index (χ0n) is 13.1. The second-order valence-corrected chi connectivity index (χ2v) is 6.17. The van der Waals surface area contributed by atoms with Crippen LogP contribution in [0.1, 0.15) is 48.9 Å². The van der Waals surface area contributed by atoms with Crippen LogP contribution in [0, 0.1) is 20.8 Å². The molecule has 0 heterocycles. The molecule has 2 nitrogen and oxygen atoms in total. The van der Waals surface area contributed by atoms with E-state index in [1.807, 2.05) is 0 Å². The maximum Gasteiger partial charge on any atom is 0.0431 e. The molecule has 0 aliphatic heterocycles. The molecule has 0 saturated heterocycles. The largest absolute Gasteiger partial charge is 0.396 e. The Bertz CT molecular complexity index is 410. The van der Waals surface area contributed by atoms with E-state index in [1.165, 1.54) is 22.3 Å². The van der Waals surface area contributed by atoms with E-state index in [4.69, 9.17) is 5.11 Å². The summed E-state index contributed by atoms with van der Waals surface area (Å²) >= 11 is 0. The summed E-state index contributed by atoms with van der Waals surface area (Å²) in [6, 6.07) is 4.50. The van der Waals surface area contributed by atoms with Crippen LogP contribution in [0.15, 0.2) is 12.1 Å². The van der Waals surface area contributed by atoms with Crippen LogP contribution in [0.4, 0.5) is 0 Å². The number of hydrogen-bond acceptors (Lipinski definition) is 2. The van der Waals surface area contributed by atoms with Crippen LogP contribution in [0.3, 0.4) is 0 Å². The lowest BCUT2D eigenvalue weighted by Gasteiger charge is -2.29. The van der Waals surface area contributed by atoms with Crippen molar-refractivity contribution in [3.8, 4) is 0 Å². The topological polar surface area (TPSA) is 32.3 Å². The van der Waals surface area contributed by atoms with E-state index in [-0.39, 0.29) is 5.41 Å². The predicted octanol–water partition coefficient (Wildman–Crippen LogP) is 3.25. The summed E-state index contributed by atoms with van der Waals surface area (Å²) in [4.78, 5) is 0.